The SMILES string of the molecule is CC(=O)C(C)C1C(C)C1C(C)Cc1ccc(O)cc1. The van der Waals surface area contributed by atoms with E-state index in [1.54, 1.807) is 19.1 Å². The van der Waals surface area contributed by atoms with E-state index < -0.39 is 0 Å². The summed E-state index contributed by atoms with van der Waals surface area (Å²) in [5, 5.41) is 9.29. The van der Waals surface area contributed by atoms with Crippen molar-refractivity contribution < 1.29 is 9.90 Å². The normalized spacial score (nSPS) is 28.7. The second kappa shape index (κ2) is 5.36. The third-order valence-electron chi connectivity index (χ3n) is 4.89. The molecule has 0 spiro atoms. The molecule has 1 aromatic carbocycles. The molecule has 2 rings (SSSR count). The van der Waals surface area contributed by atoms with E-state index in [4.69, 9.17) is 0 Å². The summed E-state index contributed by atoms with van der Waals surface area (Å²) in [5.41, 5.74) is 1.26. The van der Waals surface area contributed by atoms with Crippen LogP contribution in [-0.4, -0.2) is 10.9 Å². The van der Waals surface area contributed by atoms with Crippen LogP contribution in [0.15, 0.2) is 24.3 Å². The summed E-state index contributed by atoms with van der Waals surface area (Å²) in [4.78, 5) is 11.5. The number of phenols is 1. The Morgan fingerprint density at radius 3 is 2.32 bits per heavy atom. The van der Waals surface area contributed by atoms with Crippen LogP contribution in [0.25, 0.3) is 0 Å². The quantitative estimate of drug-likeness (QED) is 0.877. The van der Waals surface area contributed by atoms with Crippen molar-refractivity contribution in [3.8, 4) is 5.75 Å². The lowest BCUT2D eigenvalue weighted by atomic mass is 9.91. The van der Waals surface area contributed by atoms with Gasteiger partial charge < -0.3 is 5.11 Å². The Morgan fingerprint density at radius 1 is 1.21 bits per heavy atom. The van der Waals surface area contributed by atoms with Gasteiger partial charge in [-0.25, -0.2) is 0 Å². The summed E-state index contributed by atoms with van der Waals surface area (Å²) in [5.74, 6) is 3.30. The summed E-state index contributed by atoms with van der Waals surface area (Å²) in [6.07, 6.45) is 1.02. The zero-order valence-corrected chi connectivity index (χ0v) is 12.3. The average Bonchev–Trinajstić information content (AvgIpc) is 3.02. The van der Waals surface area contributed by atoms with Gasteiger partial charge in [-0.15, -0.1) is 0 Å². The lowest BCUT2D eigenvalue weighted by Gasteiger charge is -2.13. The molecule has 1 fully saturated rings. The number of benzene rings is 1. The first-order valence-corrected chi connectivity index (χ1v) is 7.20. The first-order chi connectivity index (χ1) is 8.91. The van der Waals surface area contributed by atoms with Crippen molar-refractivity contribution in [3.63, 3.8) is 0 Å². The standard InChI is InChI=1S/C17H24O2/c1-10(9-14-5-7-15(19)8-6-14)16-12(3)17(16)11(2)13(4)18/h5-8,10-12,16-17,19H,9H2,1-4H3. The van der Waals surface area contributed by atoms with Crippen molar-refractivity contribution in [2.75, 3.05) is 0 Å². The van der Waals surface area contributed by atoms with E-state index in [0.29, 0.717) is 35.2 Å². The molecule has 0 bridgehead atoms. The van der Waals surface area contributed by atoms with Crippen LogP contribution in [-0.2, 0) is 11.2 Å². The maximum Gasteiger partial charge on any atom is 0.132 e. The first-order valence-electron chi connectivity index (χ1n) is 7.20. The van der Waals surface area contributed by atoms with Crippen LogP contribution in [0, 0.1) is 29.6 Å². The van der Waals surface area contributed by atoms with Gasteiger partial charge in [0.15, 0.2) is 0 Å². The zero-order chi connectivity index (χ0) is 14.2. The van der Waals surface area contributed by atoms with Gasteiger partial charge in [0, 0.05) is 5.92 Å². The fourth-order valence-corrected chi connectivity index (χ4v) is 3.62. The van der Waals surface area contributed by atoms with Gasteiger partial charge in [-0.05, 0) is 54.7 Å². The fraction of sp³-hybridized carbons (Fsp3) is 0.588. The molecule has 0 aliphatic heterocycles. The number of ketones is 1. The Morgan fingerprint density at radius 2 is 1.79 bits per heavy atom. The van der Waals surface area contributed by atoms with Crippen LogP contribution < -0.4 is 0 Å². The number of hydrogen-bond acceptors (Lipinski definition) is 2. The fourth-order valence-electron chi connectivity index (χ4n) is 3.62. The number of aromatic hydroxyl groups is 1. The largest absolute Gasteiger partial charge is 0.508 e. The molecular weight excluding hydrogens is 236 g/mol. The summed E-state index contributed by atoms with van der Waals surface area (Å²) < 4.78 is 0. The summed E-state index contributed by atoms with van der Waals surface area (Å²) in [7, 11) is 0. The molecule has 5 unspecified atom stereocenters. The van der Waals surface area contributed by atoms with E-state index in [1.807, 2.05) is 12.1 Å². The molecule has 0 amide bonds. The van der Waals surface area contributed by atoms with Crippen LogP contribution in [0.2, 0.25) is 0 Å². The third-order valence-corrected chi connectivity index (χ3v) is 4.89. The maximum atomic E-state index is 11.5. The highest BCUT2D eigenvalue weighted by Crippen LogP contribution is 2.55. The Kier molecular flexibility index (Phi) is 3.98. The second-order valence-electron chi connectivity index (χ2n) is 6.26. The molecule has 0 aromatic heterocycles. The van der Waals surface area contributed by atoms with Gasteiger partial charge in [-0.1, -0.05) is 32.9 Å². The minimum atomic E-state index is 0.197. The topological polar surface area (TPSA) is 37.3 Å². The van der Waals surface area contributed by atoms with E-state index in [1.165, 1.54) is 5.56 Å². The van der Waals surface area contributed by atoms with E-state index in [-0.39, 0.29) is 5.92 Å². The summed E-state index contributed by atoms with van der Waals surface area (Å²) in [6, 6.07) is 7.46. The minimum Gasteiger partial charge on any atom is -0.508 e. The minimum absolute atomic E-state index is 0.197. The van der Waals surface area contributed by atoms with Crippen molar-refractivity contribution in [2.24, 2.45) is 29.6 Å². The second-order valence-corrected chi connectivity index (χ2v) is 6.26. The zero-order valence-electron chi connectivity index (χ0n) is 12.3. The van der Waals surface area contributed by atoms with Gasteiger partial charge in [0.1, 0.15) is 11.5 Å². The van der Waals surface area contributed by atoms with Crippen molar-refractivity contribution in [1.82, 2.24) is 0 Å². The molecule has 104 valence electrons. The highest BCUT2D eigenvalue weighted by molar-refractivity contribution is 5.78. The predicted molar refractivity (Wildman–Crippen MR) is 77.0 cm³/mol. The molecule has 2 heteroatoms. The number of carbonyl (C=O) groups excluding carboxylic acids is 1. The Labute approximate surface area is 115 Å². The van der Waals surface area contributed by atoms with Crippen LogP contribution in [0.4, 0.5) is 0 Å². The Hall–Kier alpha value is -1.31. The molecule has 0 saturated heterocycles. The van der Waals surface area contributed by atoms with E-state index in [2.05, 4.69) is 20.8 Å². The number of carbonyl (C=O) groups is 1. The van der Waals surface area contributed by atoms with Crippen LogP contribution in [0.5, 0.6) is 5.75 Å². The van der Waals surface area contributed by atoms with E-state index in [0.717, 1.165) is 6.42 Å². The monoisotopic (exact) mass is 260 g/mol. The average molecular weight is 260 g/mol. The summed E-state index contributed by atoms with van der Waals surface area (Å²) >= 11 is 0. The lowest BCUT2D eigenvalue weighted by Crippen LogP contribution is -2.13. The smallest absolute Gasteiger partial charge is 0.132 e. The molecular formula is C17H24O2. The van der Waals surface area contributed by atoms with Crippen molar-refractivity contribution in [2.45, 2.75) is 34.1 Å². The molecule has 1 aromatic rings. The number of Topliss-reactive ketones (excluding diaryl/α,β-unsaturated/α-hetero) is 1. The van der Waals surface area contributed by atoms with Crippen molar-refractivity contribution in [1.29, 1.82) is 0 Å². The van der Waals surface area contributed by atoms with E-state index in [9.17, 15) is 9.90 Å². The predicted octanol–water partition coefficient (Wildman–Crippen LogP) is 3.68. The van der Waals surface area contributed by atoms with Gasteiger partial charge in [-0.3, -0.25) is 4.79 Å². The molecule has 5 atom stereocenters. The summed E-state index contributed by atoms with van der Waals surface area (Å²) in [6.45, 7) is 8.32. The lowest BCUT2D eigenvalue weighted by molar-refractivity contribution is -0.121. The maximum absolute atomic E-state index is 11.5. The van der Waals surface area contributed by atoms with Gasteiger partial charge in [0.2, 0.25) is 0 Å². The molecule has 0 radical (unpaired) electrons. The molecule has 2 nitrogen and oxygen atoms in total. The van der Waals surface area contributed by atoms with Gasteiger partial charge in [0.25, 0.3) is 0 Å². The Balaban J connectivity index is 1.96. The molecule has 1 aliphatic rings. The van der Waals surface area contributed by atoms with Crippen molar-refractivity contribution in [3.05, 3.63) is 29.8 Å². The van der Waals surface area contributed by atoms with Crippen LogP contribution in [0.1, 0.15) is 33.3 Å². The molecule has 1 saturated carbocycles. The highest BCUT2D eigenvalue weighted by atomic mass is 16.3. The number of phenolic OH excluding ortho intramolecular Hbond substituents is 1. The van der Waals surface area contributed by atoms with Gasteiger partial charge in [0.05, 0.1) is 0 Å². The van der Waals surface area contributed by atoms with Gasteiger partial charge in [-0.2, -0.15) is 0 Å². The van der Waals surface area contributed by atoms with Crippen LogP contribution in [0.3, 0.4) is 0 Å². The van der Waals surface area contributed by atoms with E-state index >= 15 is 0 Å². The molecule has 1 aliphatic carbocycles. The van der Waals surface area contributed by atoms with Gasteiger partial charge >= 0.3 is 0 Å². The Bertz CT molecular complexity index is 449. The number of rotatable bonds is 5. The highest BCUT2D eigenvalue weighted by Gasteiger charge is 2.52. The third kappa shape index (κ3) is 2.99. The molecule has 0 heterocycles. The molecule has 1 N–H and O–H groups in total. The number of hydrogen-bond donors (Lipinski definition) is 1. The van der Waals surface area contributed by atoms with Crippen molar-refractivity contribution >= 4 is 5.78 Å². The van der Waals surface area contributed by atoms with Crippen LogP contribution >= 0.6 is 0 Å². The molecule has 19 heavy (non-hydrogen) atoms. The first kappa shape index (κ1) is 14.1.